The molecule has 5 unspecified atom stereocenters. The Labute approximate surface area is 106 Å². The standard InChI is InChI=1S/C15H29NO/c1-5-15(2,16(3)4)14(17)10-13-9-11-6-7-12(13)8-11/h11-14,17H,5-10H2,1-4H3. The summed E-state index contributed by atoms with van der Waals surface area (Å²) in [6, 6.07) is 0. The summed E-state index contributed by atoms with van der Waals surface area (Å²) in [4.78, 5) is 2.20. The normalized spacial score (nSPS) is 37.4. The van der Waals surface area contributed by atoms with E-state index in [1.54, 1.807) is 0 Å². The molecular weight excluding hydrogens is 210 g/mol. The summed E-state index contributed by atoms with van der Waals surface area (Å²) in [5, 5.41) is 10.6. The summed E-state index contributed by atoms with van der Waals surface area (Å²) in [6.45, 7) is 4.38. The van der Waals surface area contributed by atoms with Gasteiger partial charge in [0, 0.05) is 5.54 Å². The first kappa shape index (κ1) is 13.4. The predicted octanol–water partition coefficient (Wildman–Crippen LogP) is 2.90. The van der Waals surface area contributed by atoms with Crippen molar-refractivity contribution < 1.29 is 5.11 Å². The zero-order valence-corrected chi connectivity index (χ0v) is 11.9. The van der Waals surface area contributed by atoms with Gasteiger partial charge in [-0.1, -0.05) is 13.3 Å². The van der Waals surface area contributed by atoms with Crippen LogP contribution in [-0.2, 0) is 0 Å². The van der Waals surface area contributed by atoms with E-state index in [4.69, 9.17) is 0 Å². The lowest BCUT2D eigenvalue weighted by Gasteiger charge is -2.41. The van der Waals surface area contributed by atoms with Gasteiger partial charge in [-0.15, -0.1) is 0 Å². The highest BCUT2D eigenvalue weighted by Gasteiger charge is 2.43. The Kier molecular flexibility index (Phi) is 3.84. The van der Waals surface area contributed by atoms with Gasteiger partial charge in [-0.2, -0.15) is 0 Å². The molecule has 0 heterocycles. The molecule has 17 heavy (non-hydrogen) atoms. The molecule has 0 aromatic heterocycles. The third-order valence-corrected chi connectivity index (χ3v) is 5.87. The van der Waals surface area contributed by atoms with Crippen LogP contribution in [0.15, 0.2) is 0 Å². The van der Waals surface area contributed by atoms with Gasteiger partial charge in [0.05, 0.1) is 6.10 Å². The van der Waals surface area contributed by atoms with Crippen molar-refractivity contribution in [1.82, 2.24) is 4.90 Å². The summed E-state index contributed by atoms with van der Waals surface area (Å²) in [6.07, 6.45) is 7.57. The maximum Gasteiger partial charge on any atom is 0.0723 e. The molecule has 2 aliphatic rings. The molecule has 0 spiro atoms. The second-order valence-electron chi connectivity index (χ2n) is 6.79. The number of hydrogen-bond donors (Lipinski definition) is 1. The van der Waals surface area contributed by atoms with Crippen LogP contribution < -0.4 is 0 Å². The molecule has 0 radical (unpaired) electrons. The van der Waals surface area contributed by atoms with Gasteiger partial charge in [-0.05, 0) is 70.9 Å². The van der Waals surface area contributed by atoms with E-state index in [-0.39, 0.29) is 11.6 Å². The fourth-order valence-corrected chi connectivity index (χ4v) is 4.06. The maximum atomic E-state index is 10.6. The van der Waals surface area contributed by atoms with Gasteiger partial charge < -0.3 is 10.0 Å². The minimum Gasteiger partial charge on any atom is -0.391 e. The minimum atomic E-state index is -0.174. The largest absolute Gasteiger partial charge is 0.391 e. The molecule has 0 aromatic rings. The Morgan fingerprint density at radius 2 is 2.00 bits per heavy atom. The third kappa shape index (κ3) is 2.39. The first-order valence-electron chi connectivity index (χ1n) is 7.32. The second kappa shape index (κ2) is 4.89. The highest BCUT2D eigenvalue weighted by molar-refractivity contribution is 4.96. The van der Waals surface area contributed by atoms with E-state index in [1.165, 1.54) is 25.7 Å². The molecule has 5 atom stereocenters. The van der Waals surface area contributed by atoms with Crippen molar-refractivity contribution in [1.29, 1.82) is 0 Å². The van der Waals surface area contributed by atoms with E-state index in [2.05, 4.69) is 32.8 Å². The minimum absolute atomic E-state index is 0.0537. The highest BCUT2D eigenvalue weighted by Crippen LogP contribution is 2.50. The van der Waals surface area contributed by atoms with Gasteiger partial charge in [-0.3, -0.25) is 0 Å². The summed E-state index contributed by atoms with van der Waals surface area (Å²) in [5.74, 6) is 2.72. The van der Waals surface area contributed by atoms with Gasteiger partial charge >= 0.3 is 0 Å². The van der Waals surface area contributed by atoms with Crippen LogP contribution in [0.4, 0.5) is 0 Å². The van der Waals surface area contributed by atoms with Crippen LogP contribution in [0.2, 0.25) is 0 Å². The number of likely N-dealkylation sites (N-methyl/N-ethyl adjacent to an activating group) is 1. The Morgan fingerprint density at radius 1 is 1.29 bits per heavy atom. The lowest BCUT2D eigenvalue weighted by molar-refractivity contribution is -0.0164. The highest BCUT2D eigenvalue weighted by atomic mass is 16.3. The van der Waals surface area contributed by atoms with Crippen LogP contribution in [0.3, 0.4) is 0 Å². The molecule has 100 valence electrons. The molecule has 2 heteroatoms. The zero-order valence-electron chi connectivity index (χ0n) is 11.9. The first-order valence-corrected chi connectivity index (χ1v) is 7.32. The van der Waals surface area contributed by atoms with Gasteiger partial charge in [0.15, 0.2) is 0 Å². The zero-order chi connectivity index (χ0) is 12.6. The molecule has 2 bridgehead atoms. The SMILES string of the molecule is CCC(C)(C(O)CC1CC2CCC1C2)N(C)C. The van der Waals surface area contributed by atoms with Crippen molar-refractivity contribution in [3.05, 3.63) is 0 Å². The van der Waals surface area contributed by atoms with Crippen molar-refractivity contribution in [2.24, 2.45) is 17.8 Å². The van der Waals surface area contributed by atoms with Crippen molar-refractivity contribution in [3.8, 4) is 0 Å². The van der Waals surface area contributed by atoms with E-state index >= 15 is 0 Å². The van der Waals surface area contributed by atoms with Crippen LogP contribution in [0.1, 0.15) is 52.4 Å². The van der Waals surface area contributed by atoms with Crippen LogP contribution in [0.25, 0.3) is 0 Å². The topological polar surface area (TPSA) is 23.5 Å². The Bertz CT molecular complexity index is 266. The van der Waals surface area contributed by atoms with Crippen molar-refractivity contribution in [3.63, 3.8) is 0 Å². The summed E-state index contributed by atoms with van der Waals surface area (Å²) >= 11 is 0. The van der Waals surface area contributed by atoms with E-state index in [0.29, 0.717) is 0 Å². The second-order valence-corrected chi connectivity index (χ2v) is 6.79. The lowest BCUT2D eigenvalue weighted by atomic mass is 9.79. The molecule has 2 nitrogen and oxygen atoms in total. The van der Waals surface area contributed by atoms with Crippen molar-refractivity contribution >= 4 is 0 Å². The van der Waals surface area contributed by atoms with Crippen LogP contribution >= 0.6 is 0 Å². The Balaban J connectivity index is 1.94. The maximum absolute atomic E-state index is 10.6. The molecule has 2 saturated carbocycles. The molecule has 2 fully saturated rings. The Morgan fingerprint density at radius 3 is 2.41 bits per heavy atom. The van der Waals surface area contributed by atoms with Crippen LogP contribution in [0.5, 0.6) is 0 Å². The molecule has 0 aromatic carbocycles. The third-order valence-electron chi connectivity index (χ3n) is 5.87. The number of nitrogens with zero attached hydrogens (tertiary/aromatic N) is 1. The van der Waals surface area contributed by atoms with Crippen LogP contribution in [-0.4, -0.2) is 35.7 Å². The van der Waals surface area contributed by atoms with Crippen LogP contribution in [0, 0.1) is 17.8 Å². The Hall–Kier alpha value is -0.0800. The quantitative estimate of drug-likeness (QED) is 0.797. The number of rotatable bonds is 5. The van der Waals surface area contributed by atoms with E-state index < -0.39 is 0 Å². The summed E-state index contributed by atoms with van der Waals surface area (Å²) in [5.41, 5.74) is -0.0537. The fraction of sp³-hybridized carbons (Fsp3) is 1.00. The van der Waals surface area contributed by atoms with Gasteiger partial charge in [0.2, 0.25) is 0 Å². The fourth-order valence-electron chi connectivity index (χ4n) is 4.06. The number of aliphatic hydroxyl groups is 1. The molecule has 1 N–H and O–H groups in total. The van der Waals surface area contributed by atoms with Crippen molar-refractivity contribution in [2.45, 2.75) is 64.0 Å². The molecule has 2 rings (SSSR count). The van der Waals surface area contributed by atoms with Gasteiger partial charge in [-0.25, -0.2) is 0 Å². The predicted molar refractivity (Wildman–Crippen MR) is 71.9 cm³/mol. The van der Waals surface area contributed by atoms with E-state index in [0.717, 1.165) is 30.6 Å². The first-order chi connectivity index (χ1) is 7.97. The molecule has 2 aliphatic carbocycles. The van der Waals surface area contributed by atoms with Gasteiger partial charge in [0.25, 0.3) is 0 Å². The average molecular weight is 239 g/mol. The molecule has 0 aliphatic heterocycles. The molecule has 0 saturated heterocycles. The molecule has 0 amide bonds. The lowest BCUT2D eigenvalue weighted by Crippen LogP contribution is -2.51. The number of aliphatic hydroxyl groups excluding tert-OH is 1. The van der Waals surface area contributed by atoms with Gasteiger partial charge in [0.1, 0.15) is 0 Å². The average Bonchev–Trinajstić information content (AvgIpc) is 2.89. The van der Waals surface area contributed by atoms with E-state index in [1.807, 2.05) is 0 Å². The van der Waals surface area contributed by atoms with E-state index in [9.17, 15) is 5.11 Å². The molecular formula is C15H29NO. The smallest absolute Gasteiger partial charge is 0.0723 e. The number of fused-ring (bicyclic) bond motifs is 2. The number of hydrogen-bond acceptors (Lipinski definition) is 2. The summed E-state index contributed by atoms with van der Waals surface area (Å²) < 4.78 is 0. The summed E-state index contributed by atoms with van der Waals surface area (Å²) in [7, 11) is 4.18. The van der Waals surface area contributed by atoms with Crippen molar-refractivity contribution in [2.75, 3.05) is 14.1 Å². The monoisotopic (exact) mass is 239 g/mol.